The highest BCUT2D eigenvalue weighted by atomic mass is 16.5. The highest BCUT2D eigenvalue weighted by Gasteiger charge is 2.18. The lowest BCUT2D eigenvalue weighted by Gasteiger charge is -2.16. The third-order valence-electron chi connectivity index (χ3n) is 2.47. The second-order valence-corrected chi connectivity index (χ2v) is 3.60. The third-order valence-corrected chi connectivity index (χ3v) is 2.47. The summed E-state index contributed by atoms with van der Waals surface area (Å²) in [6.45, 7) is 2.66. The van der Waals surface area contributed by atoms with Crippen molar-refractivity contribution >= 4 is 5.78 Å². The number of fused-ring (bicyclic) bond motifs is 1. The summed E-state index contributed by atoms with van der Waals surface area (Å²) >= 11 is 0. The number of hydrogen-bond donors (Lipinski definition) is 0. The third kappa shape index (κ3) is 1.65. The van der Waals surface area contributed by atoms with Crippen molar-refractivity contribution in [1.82, 2.24) is 0 Å². The van der Waals surface area contributed by atoms with Crippen LogP contribution < -0.4 is 4.74 Å². The van der Waals surface area contributed by atoms with E-state index in [1.807, 2.05) is 18.2 Å². The first-order valence-corrected chi connectivity index (χ1v) is 5.10. The van der Waals surface area contributed by atoms with Crippen molar-refractivity contribution in [1.29, 1.82) is 0 Å². The molecule has 1 aromatic carbocycles. The number of rotatable bonds is 2. The number of aryl methyl sites for hydroxylation is 1. The molecule has 0 radical (unpaired) electrons. The van der Waals surface area contributed by atoms with Crippen molar-refractivity contribution in [2.45, 2.75) is 26.2 Å². The van der Waals surface area contributed by atoms with Crippen LogP contribution >= 0.6 is 0 Å². The van der Waals surface area contributed by atoms with E-state index in [1.54, 1.807) is 0 Å². The SMILES string of the molecule is CCCc1ccc2c(c1)C(=O)CCO2. The Morgan fingerprint density at radius 2 is 2.29 bits per heavy atom. The van der Waals surface area contributed by atoms with Gasteiger partial charge in [0, 0.05) is 6.42 Å². The average Bonchev–Trinajstić information content (AvgIpc) is 2.20. The van der Waals surface area contributed by atoms with Gasteiger partial charge in [0.25, 0.3) is 0 Å². The van der Waals surface area contributed by atoms with Crippen LogP contribution in [-0.2, 0) is 6.42 Å². The molecule has 2 nitrogen and oxygen atoms in total. The van der Waals surface area contributed by atoms with Crippen molar-refractivity contribution in [2.24, 2.45) is 0 Å². The van der Waals surface area contributed by atoms with E-state index in [9.17, 15) is 4.79 Å². The van der Waals surface area contributed by atoms with Gasteiger partial charge in [0.05, 0.1) is 12.2 Å². The van der Waals surface area contributed by atoms with Gasteiger partial charge in [-0.3, -0.25) is 4.79 Å². The largest absolute Gasteiger partial charge is 0.492 e. The monoisotopic (exact) mass is 190 g/mol. The fourth-order valence-electron chi connectivity index (χ4n) is 1.75. The molecule has 74 valence electrons. The van der Waals surface area contributed by atoms with Crippen molar-refractivity contribution in [3.05, 3.63) is 29.3 Å². The lowest BCUT2D eigenvalue weighted by Crippen LogP contribution is -2.15. The van der Waals surface area contributed by atoms with Crippen LogP contribution in [0.5, 0.6) is 5.75 Å². The zero-order chi connectivity index (χ0) is 9.97. The van der Waals surface area contributed by atoms with Crippen molar-refractivity contribution < 1.29 is 9.53 Å². The smallest absolute Gasteiger partial charge is 0.170 e. The molecule has 1 heterocycles. The molecule has 0 aromatic heterocycles. The van der Waals surface area contributed by atoms with Crippen LogP contribution in [0.4, 0.5) is 0 Å². The predicted molar refractivity (Wildman–Crippen MR) is 54.9 cm³/mol. The van der Waals surface area contributed by atoms with Gasteiger partial charge in [0.15, 0.2) is 5.78 Å². The minimum atomic E-state index is 0.212. The van der Waals surface area contributed by atoms with E-state index in [2.05, 4.69) is 6.92 Å². The summed E-state index contributed by atoms with van der Waals surface area (Å²) in [6, 6.07) is 5.93. The minimum Gasteiger partial charge on any atom is -0.492 e. The molecule has 1 aliphatic rings. The zero-order valence-corrected chi connectivity index (χ0v) is 8.38. The lowest BCUT2D eigenvalue weighted by molar-refractivity contribution is 0.0933. The summed E-state index contributed by atoms with van der Waals surface area (Å²) in [7, 11) is 0. The van der Waals surface area contributed by atoms with E-state index in [-0.39, 0.29) is 5.78 Å². The quantitative estimate of drug-likeness (QED) is 0.716. The van der Waals surface area contributed by atoms with Crippen LogP contribution in [0.2, 0.25) is 0 Å². The summed E-state index contributed by atoms with van der Waals surface area (Å²) in [5.41, 5.74) is 1.99. The number of carbonyl (C=O) groups excluding carboxylic acids is 1. The van der Waals surface area contributed by atoms with E-state index in [4.69, 9.17) is 4.74 Å². The predicted octanol–water partition coefficient (Wildman–Crippen LogP) is 2.60. The molecule has 0 bridgehead atoms. The Hall–Kier alpha value is -1.31. The molecule has 0 amide bonds. The molecule has 0 spiro atoms. The standard InChI is InChI=1S/C12H14O2/c1-2-3-9-4-5-12-10(8-9)11(13)6-7-14-12/h4-5,8H,2-3,6-7H2,1H3. The molecule has 0 N–H and O–H groups in total. The normalized spacial score (nSPS) is 14.8. The van der Waals surface area contributed by atoms with E-state index in [0.29, 0.717) is 13.0 Å². The van der Waals surface area contributed by atoms with Gasteiger partial charge in [0.2, 0.25) is 0 Å². The fourth-order valence-corrected chi connectivity index (χ4v) is 1.75. The summed E-state index contributed by atoms with van der Waals surface area (Å²) in [5.74, 6) is 0.963. The maximum atomic E-state index is 11.6. The average molecular weight is 190 g/mol. The Morgan fingerprint density at radius 1 is 1.43 bits per heavy atom. The molecule has 0 unspecified atom stereocenters. The number of hydrogen-bond acceptors (Lipinski definition) is 2. The molecular formula is C12H14O2. The van der Waals surface area contributed by atoms with Crippen LogP contribution in [0, 0.1) is 0 Å². The Bertz CT molecular complexity index is 355. The molecule has 1 aromatic rings. The van der Waals surface area contributed by atoms with E-state index in [0.717, 1.165) is 24.2 Å². The first-order chi connectivity index (χ1) is 6.81. The van der Waals surface area contributed by atoms with Gasteiger partial charge in [-0.2, -0.15) is 0 Å². The van der Waals surface area contributed by atoms with Crippen LogP contribution in [0.3, 0.4) is 0 Å². The number of carbonyl (C=O) groups is 1. The van der Waals surface area contributed by atoms with Crippen molar-refractivity contribution in [2.75, 3.05) is 6.61 Å². The Kier molecular flexibility index (Phi) is 2.53. The maximum Gasteiger partial charge on any atom is 0.170 e. The summed E-state index contributed by atoms with van der Waals surface area (Å²) < 4.78 is 5.41. The Labute approximate surface area is 83.9 Å². The number of benzene rings is 1. The fraction of sp³-hybridized carbons (Fsp3) is 0.417. The second-order valence-electron chi connectivity index (χ2n) is 3.60. The summed E-state index contributed by atoms with van der Waals surface area (Å²) in [6.07, 6.45) is 2.65. The van der Waals surface area contributed by atoms with Crippen molar-refractivity contribution in [3.63, 3.8) is 0 Å². The molecule has 14 heavy (non-hydrogen) atoms. The molecule has 0 fully saturated rings. The topological polar surface area (TPSA) is 26.3 Å². The van der Waals surface area contributed by atoms with Crippen molar-refractivity contribution in [3.8, 4) is 5.75 Å². The molecule has 2 rings (SSSR count). The zero-order valence-electron chi connectivity index (χ0n) is 8.38. The van der Waals surface area contributed by atoms with E-state index < -0.39 is 0 Å². The molecular weight excluding hydrogens is 176 g/mol. The molecule has 1 aliphatic heterocycles. The Balaban J connectivity index is 2.36. The van der Waals surface area contributed by atoms with Crippen LogP contribution in [-0.4, -0.2) is 12.4 Å². The molecule has 2 heteroatoms. The first kappa shape index (κ1) is 9.25. The number of ketones is 1. The molecule has 0 saturated heterocycles. The van der Waals surface area contributed by atoms with Gasteiger partial charge in [-0.15, -0.1) is 0 Å². The molecule has 0 saturated carbocycles. The lowest BCUT2D eigenvalue weighted by atomic mass is 10.0. The van der Waals surface area contributed by atoms with Gasteiger partial charge in [-0.05, 0) is 24.1 Å². The van der Waals surface area contributed by atoms with E-state index in [1.165, 1.54) is 5.56 Å². The Morgan fingerprint density at radius 3 is 3.07 bits per heavy atom. The molecule has 0 atom stereocenters. The van der Waals surface area contributed by atoms with Crippen LogP contribution in [0.25, 0.3) is 0 Å². The minimum absolute atomic E-state index is 0.212. The highest BCUT2D eigenvalue weighted by Crippen LogP contribution is 2.25. The van der Waals surface area contributed by atoms with Gasteiger partial charge in [-0.1, -0.05) is 19.4 Å². The van der Waals surface area contributed by atoms with Crippen LogP contribution in [0.15, 0.2) is 18.2 Å². The second kappa shape index (κ2) is 3.82. The van der Waals surface area contributed by atoms with Gasteiger partial charge >= 0.3 is 0 Å². The van der Waals surface area contributed by atoms with Gasteiger partial charge in [0.1, 0.15) is 5.75 Å². The van der Waals surface area contributed by atoms with Gasteiger partial charge < -0.3 is 4.74 Å². The van der Waals surface area contributed by atoms with Gasteiger partial charge in [-0.25, -0.2) is 0 Å². The van der Waals surface area contributed by atoms with E-state index >= 15 is 0 Å². The molecule has 0 aliphatic carbocycles. The summed E-state index contributed by atoms with van der Waals surface area (Å²) in [4.78, 5) is 11.6. The summed E-state index contributed by atoms with van der Waals surface area (Å²) in [5, 5.41) is 0. The number of Topliss-reactive ketones (excluding diaryl/α,β-unsaturated/α-hetero) is 1. The number of ether oxygens (including phenoxy) is 1. The highest BCUT2D eigenvalue weighted by molar-refractivity contribution is 5.99. The maximum absolute atomic E-state index is 11.6. The first-order valence-electron chi connectivity index (χ1n) is 5.10. The van der Waals surface area contributed by atoms with Crippen LogP contribution in [0.1, 0.15) is 35.7 Å².